The third kappa shape index (κ3) is 5.64. The first-order chi connectivity index (χ1) is 14.3. The molecule has 2 aliphatic carbocycles. The molecule has 1 aromatic rings. The van der Waals surface area contributed by atoms with Gasteiger partial charge in [-0.05, 0) is 57.6 Å². The Kier molecular flexibility index (Phi) is 7.97. The second-order valence-corrected chi connectivity index (χ2v) is 11.2. The van der Waals surface area contributed by atoms with E-state index in [2.05, 4.69) is 5.32 Å². The molecule has 0 saturated heterocycles. The largest absolute Gasteiger partial charge is 0.352 e. The van der Waals surface area contributed by atoms with Gasteiger partial charge in [-0.2, -0.15) is 4.31 Å². The molecule has 0 unspecified atom stereocenters. The third-order valence-electron chi connectivity index (χ3n) is 6.67. The maximum Gasteiger partial charge on any atom is 0.244 e. The summed E-state index contributed by atoms with van der Waals surface area (Å²) in [5, 5.41) is 3.15. The Bertz CT molecular complexity index is 813. The average molecular weight is 435 g/mol. The van der Waals surface area contributed by atoms with Gasteiger partial charge in [0, 0.05) is 12.1 Å². The zero-order valence-electron chi connectivity index (χ0n) is 18.9. The molecule has 0 aliphatic heterocycles. The molecular weight excluding hydrogens is 396 g/mol. The summed E-state index contributed by atoms with van der Waals surface area (Å²) in [4.78, 5) is 13.3. The van der Waals surface area contributed by atoms with Crippen LogP contribution in [0.2, 0.25) is 0 Å². The van der Waals surface area contributed by atoms with E-state index in [1.54, 1.807) is 0 Å². The van der Waals surface area contributed by atoms with Crippen molar-refractivity contribution in [1.29, 1.82) is 0 Å². The first-order valence-electron chi connectivity index (χ1n) is 11.7. The Hall–Kier alpha value is -1.40. The number of benzene rings is 1. The highest BCUT2D eigenvalue weighted by atomic mass is 32.2. The van der Waals surface area contributed by atoms with E-state index in [-0.39, 0.29) is 24.5 Å². The van der Waals surface area contributed by atoms with Crippen molar-refractivity contribution in [3.63, 3.8) is 0 Å². The Labute approximate surface area is 182 Å². The van der Waals surface area contributed by atoms with Crippen molar-refractivity contribution in [2.75, 3.05) is 6.54 Å². The predicted molar refractivity (Wildman–Crippen MR) is 121 cm³/mol. The number of aryl methyl sites for hydroxylation is 3. The van der Waals surface area contributed by atoms with Gasteiger partial charge >= 0.3 is 0 Å². The van der Waals surface area contributed by atoms with Gasteiger partial charge in [0.2, 0.25) is 15.9 Å². The second-order valence-electron chi connectivity index (χ2n) is 9.33. The molecule has 30 heavy (non-hydrogen) atoms. The number of sulfonamides is 1. The van der Waals surface area contributed by atoms with Crippen molar-refractivity contribution in [2.45, 2.75) is 108 Å². The fraction of sp³-hybridized carbons (Fsp3) is 0.708. The molecule has 2 saturated carbocycles. The fourth-order valence-electron chi connectivity index (χ4n) is 5.31. The molecule has 2 fully saturated rings. The topological polar surface area (TPSA) is 66.5 Å². The Morgan fingerprint density at radius 3 is 1.97 bits per heavy atom. The van der Waals surface area contributed by atoms with Crippen LogP contribution in [0.5, 0.6) is 0 Å². The van der Waals surface area contributed by atoms with Crippen LogP contribution in [0.1, 0.15) is 87.3 Å². The van der Waals surface area contributed by atoms with Crippen molar-refractivity contribution in [3.05, 3.63) is 28.8 Å². The quantitative estimate of drug-likeness (QED) is 0.656. The first-order valence-corrected chi connectivity index (χ1v) is 13.1. The molecular formula is C24H38N2O3S. The van der Waals surface area contributed by atoms with Crippen molar-refractivity contribution in [3.8, 4) is 0 Å². The molecule has 0 spiro atoms. The maximum atomic E-state index is 13.8. The Balaban J connectivity index is 1.85. The molecule has 0 heterocycles. The van der Waals surface area contributed by atoms with Crippen LogP contribution in [0, 0.1) is 20.8 Å². The average Bonchev–Trinajstić information content (AvgIpc) is 2.94. The van der Waals surface area contributed by atoms with E-state index >= 15 is 0 Å². The molecule has 1 amide bonds. The van der Waals surface area contributed by atoms with Crippen molar-refractivity contribution in [2.24, 2.45) is 0 Å². The van der Waals surface area contributed by atoms with E-state index in [9.17, 15) is 13.2 Å². The zero-order valence-corrected chi connectivity index (χ0v) is 19.7. The van der Waals surface area contributed by atoms with Crippen LogP contribution in [-0.4, -0.2) is 37.3 Å². The van der Waals surface area contributed by atoms with Crippen LogP contribution in [0.25, 0.3) is 0 Å². The summed E-state index contributed by atoms with van der Waals surface area (Å²) in [5.41, 5.74) is 2.58. The van der Waals surface area contributed by atoms with Crippen molar-refractivity contribution >= 4 is 15.9 Å². The first kappa shape index (κ1) is 23.3. The van der Waals surface area contributed by atoms with E-state index < -0.39 is 10.0 Å². The van der Waals surface area contributed by atoms with Gasteiger partial charge in [-0.1, -0.05) is 62.6 Å². The molecule has 168 valence electrons. The van der Waals surface area contributed by atoms with Crippen LogP contribution in [-0.2, 0) is 14.8 Å². The molecule has 0 bridgehead atoms. The minimum Gasteiger partial charge on any atom is -0.352 e. The van der Waals surface area contributed by atoms with E-state index in [0.29, 0.717) is 4.90 Å². The van der Waals surface area contributed by atoms with Crippen LogP contribution >= 0.6 is 0 Å². The van der Waals surface area contributed by atoms with Gasteiger partial charge in [0.15, 0.2) is 0 Å². The van der Waals surface area contributed by atoms with Gasteiger partial charge in [0.25, 0.3) is 0 Å². The zero-order chi connectivity index (χ0) is 21.7. The van der Waals surface area contributed by atoms with Gasteiger partial charge in [-0.25, -0.2) is 8.42 Å². The summed E-state index contributed by atoms with van der Waals surface area (Å²) >= 11 is 0. The molecule has 5 nitrogen and oxygen atoms in total. The number of carbonyl (C=O) groups is 1. The number of amides is 1. The van der Waals surface area contributed by atoms with Gasteiger partial charge < -0.3 is 5.32 Å². The molecule has 0 atom stereocenters. The van der Waals surface area contributed by atoms with Gasteiger partial charge in [0.05, 0.1) is 11.4 Å². The number of nitrogens with one attached hydrogen (secondary N) is 1. The van der Waals surface area contributed by atoms with Gasteiger partial charge in [0.1, 0.15) is 0 Å². The molecule has 1 aromatic carbocycles. The smallest absolute Gasteiger partial charge is 0.244 e. The number of rotatable bonds is 6. The molecule has 0 aromatic heterocycles. The maximum absolute atomic E-state index is 13.8. The second kappa shape index (κ2) is 10.3. The molecule has 6 heteroatoms. The van der Waals surface area contributed by atoms with Crippen molar-refractivity contribution in [1.82, 2.24) is 9.62 Å². The summed E-state index contributed by atoms with van der Waals surface area (Å²) in [6.07, 6.45) is 11.6. The van der Waals surface area contributed by atoms with Crippen LogP contribution in [0.3, 0.4) is 0 Å². The molecule has 0 radical (unpaired) electrons. The van der Waals surface area contributed by atoms with Crippen LogP contribution in [0.4, 0.5) is 0 Å². The molecule has 3 rings (SSSR count). The number of hydrogen-bond donors (Lipinski definition) is 1. The summed E-state index contributed by atoms with van der Waals surface area (Å²) in [6.45, 7) is 5.63. The van der Waals surface area contributed by atoms with E-state index in [1.807, 2.05) is 32.9 Å². The van der Waals surface area contributed by atoms with E-state index in [0.717, 1.165) is 74.5 Å². The minimum absolute atomic E-state index is 0.0732. The number of carbonyl (C=O) groups excluding carboxylic acids is 1. The summed E-state index contributed by atoms with van der Waals surface area (Å²) in [5.74, 6) is -0.154. The number of hydrogen-bond acceptors (Lipinski definition) is 3. The molecule has 2 aliphatic rings. The highest BCUT2D eigenvalue weighted by Gasteiger charge is 2.36. The minimum atomic E-state index is -3.75. The predicted octanol–water partition coefficient (Wildman–Crippen LogP) is 4.77. The highest BCUT2D eigenvalue weighted by molar-refractivity contribution is 7.89. The summed E-state index contributed by atoms with van der Waals surface area (Å²) < 4.78 is 29.1. The van der Waals surface area contributed by atoms with Crippen LogP contribution < -0.4 is 5.32 Å². The standard InChI is InChI=1S/C24H38N2O3S/c1-18-15-19(2)24(20(3)16-18)30(28,29)26(22-13-9-6-10-14-22)17-23(27)25-21-11-7-4-5-8-12-21/h15-16,21-22H,4-14,17H2,1-3H3,(H,25,27). The monoisotopic (exact) mass is 434 g/mol. The number of nitrogens with zero attached hydrogens (tertiary/aromatic N) is 1. The van der Waals surface area contributed by atoms with E-state index in [1.165, 1.54) is 17.1 Å². The third-order valence-corrected chi connectivity index (χ3v) is 8.88. The lowest BCUT2D eigenvalue weighted by atomic mass is 9.95. The highest BCUT2D eigenvalue weighted by Crippen LogP contribution is 2.31. The lowest BCUT2D eigenvalue weighted by Gasteiger charge is -2.34. The fourth-order valence-corrected chi connectivity index (χ4v) is 7.37. The van der Waals surface area contributed by atoms with Crippen molar-refractivity contribution < 1.29 is 13.2 Å². The van der Waals surface area contributed by atoms with Crippen LogP contribution in [0.15, 0.2) is 17.0 Å². The van der Waals surface area contributed by atoms with Gasteiger partial charge in [-0.15, -0.1) is 0 Å². The molecule has 1 N–H and O–H groups in total. The van der Waals surface area contributed by atoms with Gasteiger partial charge in [-0.3, -0.25) is 4.79 Å². The van der Waals surface area contributed by atoms with E-state index in [4.69, 9.17) is 0 Å². The lowest BCUT2D eigenvalue weighted by molar-refractivity contribution is -0.122. The lowest BCUT2D eigenvalue weighted by Crippen LogP contribution is -2.49. The Morgan fingerprint density at radius 1 is 0.900 bits per heavy atom. The summed E-state index contributed by atoms with van der Waals surface area (Å²) in [7, 11) is -3.75. The Morgan fingerprint density at radius 2 is 1.40 bits per heavy atom. The SMILES string of the molecule is Cc1cc(C)c(S(=O)(=O)N(CC(=O)NC2CCCCCC2)C2CCCCC2)c(C)c1. The summed E-state index contributed by atoms with van der Waals surface area (Å²) in [6, 6.07) is 3.93. The normalized spacial score (nSPS) is 19.6.